The number of alkyl halides is 1. The van der Waals surface area contributed by atoms with Crippen LogP contribution < -0.4 is 0 Å². The highest BCUT2D eigenvalue weighted by atomic mass is 19.1. The molecule has 0 fully saturated rings. The van der Waals surface area contributed by atoms with Gasteiger partial charge in [-0.25, -0.2) is 9.18 Å². The van der Waals surface area contributed by atoms with E-state index in [2.05, 4.69) is 0 Å². The Morgan fingerprint density at radius 3 is 2.08 bits per heavy atom. The van der Waals surface area contributed by atoms with Gasteiger partial charge in [0.05, 0.1) is 6.61 Å². The maximum atomic E-state index is 12.7. The molecule has 0 unspecified atom stereocenters. The Kier molecular flexibility index (Phi) is 4.78. The maximum Gasteiger partial charge on any atom is 0.335 e. The van der Waals surface area contributed by atoms with Gasteiger partial charge < -0.3 is 25.5 Å². The first-order valence-electron chi connectivity index (χ1n) is 3.43. The predicted molar refractivity (Wildman–Crippen MR) is 37.6 cm³/mol. The summed E-state index contributed by atoms with van der Waals surface area (Å²) < 4.78 is 12.7. The Labute approximate surface area is 72.9 Å². The van der Waals surface area contributed by atoms with Crippen molar-refractivity contribution >= 4 is 5.97 Å². The summed E-state index contributed by atoms with van der Waals surface area (Å²) in [5.41, 5.74) is 0. The van der Waals surface area contributed by atoms with E-state index in [0.717, 1.165) is 0 Å². The molecule has 0 radical (unpaired) electrons. The molecular formula is C6H11FO6. The number of aliphatic hydroxyl groups excluding tert-OH is 4. The van der Waals surface area contributed by atoms with Crippen molar-refractivity contribution in [1.82, 2.24) is 0 Å². The monoisotopic (exact) mass is 198 g/mol. The Hall–Kier alpha value is -0.760. The van der Waals surface area contributed by atoms with Gasteiger partial charge in [-0.05, 0) is 0 Å². The first kappa shape index (κ1) is 12.2. The molecule has 0 aliphatic heterocycles. The van der Waals surface area contributed by atoms with E-state index in [9.17, 15) is 9.18 Å². The molecule has 0 saturated carbocycles. The molecule has 0 heterocycles. The van der Waals surface area contributed by atoms with E-state index in [0.29, 0.717) is 0 Å². The van der Waals surface area contributed by atoms with Crippen LogP contribution in [0.5, 0.6) is 0 Å². The van der Waals surface area contributed by atoms with Crippen LogP contribution in [0.15, 0.2) is 0 Å². The van der Waals surface area contributed by atoms with Crippen LogP contribution in [0.3, 0.4) is 0 Å². The first-order valence-corrected chi connectivity index (χ1v) is 3.43. The van der Waals surface area contributed by atoms with Crippen molar-refractivity contribution in [3.05, 3.63) is 0 Å². The molecule has 0 aromatic rings. The zero-order valence-corrected chi connectivity index (χ0v) is 6.54. The minimum Gasteiger partial charge on any atom is -0.479 e. The number of carbonyl (C=O) groups is 1. The normalized spacial score (nSPS) is 20.4. The fourth-order valence-corrected chi connectivity index (χ4v) is 0.649. The van der Waals surface area contributed by atoms with Gasteiger partial charge in [-0.3, -0.25) is 0 Å². The van der Waals surface area contributed by atoms with E-state index in [1.54, 1.807) is 0 Å². The summed E-state index contributed by atoms with van der Waals surface area (Å²) in [6.45, 7) is -0.968. The average molecular weight is 198 g/mol. The minimum absolute atomic E-state index is 0.968. The van der Waals surface area contributed by atoms with Crippen molar-refractivity contribution in [1.29, 1.82) is 0 Å². The predicted octanol–water partition coefficient (Wildman–Crippen LogP) is -2.52. The van der Waals surface area contributed by atoms with Crippen LogP contribution in [0.2, 0.25) is 0 Å². The minimum atomic E-state index is -2.41. The second-order valence-corrected chi connectivity index (χ2v) is 2.47. The van der Waals surface area contributed by atoms with Crippen LogP contribution in [-0.4, -0.2) is 62.6 Å². The first-order chi connectivity index (χ1) is 5.91. The Bertz CT molecular complexity index is 175. The number of rotatable bonds is 5. The Morgan fingerprint density at radius 1 is 1.31 bits per heavy atom. The highest BCUT2D eigenvalue weighted by Gasteiger charge is 2.35. The molecule has 0 aromatic carbocycles. The zero-order chi connectivity index (χ0) is 10.6. The highest BCUT2D eigenvalue weighted by molar-refractivity contribution is 5.72. The summed E-state index contributed by atoms with van der Waals surface area (Å²) in [5, 5.41) is 42.4. The SMILES string of the molecule is O=C(O)[C@H](O)[C@@H](O)[C@@H](F)[C@@H](O)CO. The summed E-state index contributed by atoms with van der Waals surface area (Å²) in [7, 11) is 0. The van der Waals surface area contributed by atoms with Gasteiger partial charge in [0.15, 0.2) is 12.3 Å². The van der Waals surface area contributed by atoms with Crippen LogP contribution >= 0.6 is 0 Å². The lowest BCUT2D eigenvalue weighted by molar-refractivity contribution is -0.159. The van der Waals surface area contributed by atoms with Crippen molar-refractivity contribution < 1.29 is 34.7 Å². The van der Waals surface area contributed by atoms with Crippen LogP contribution in [0.4, 0.5) is 4.39 Å². The van der Waals surface area contributed by atoms with Gasteiger partial charge in [0, 0.05) is 0 Å². The summed E-state index contributed by atoms with van der Waals surface area (Å²) in [6.07, 6.45) is -8.91. The fraction of sp³-hybridized carbons (Fsp3) is 0.833. The van der Waals surface area contributed by atoms with E-state index in [1.165, 1.54) is 0 Å². The van der Waals surface area contributed by atoms with Crippen LogP contribution in [0.25, 0.3) is 0 Å². The van der Waals surface area contributed by atoms with Crippen molar-refractivity contribution in [2.75, 3.05) is 6.61 Å². The van der Waals surface area contributed by atoms with Crippen molar-refractivity contribution in [3.63, 3.8) is 0 Å². The lowest BCUT2D eigenvalue weighted by Gasteiger charge is -2.21. The van der Waals surface area contributed by atoms with Crippen molar-refractivity contribution in [2.24, 2.45) is 0 Å². The number of hydrogen-bond donors (Lipinski definition) is 5. The number of hydrogen-bond acceptors (Lipinski definition) is 5. The molecule has 0 bridgehead atoms. The van der Waals surface area contributed by atoms with Gasteiger partial charge in [-0.15, -0.1) is 0 Å². The number of carboxylic acids is 1. The number of aliphatic carboxylic acids is 1. The molecule has 78 valence electrons. The van der Waals surface area contributed by atoms with Gasteiger partial charge in [0.25, 0.3) is 0 Å². The molecule has 13 heavy (non-hydrogen) atoms. The van der Waals surface area contributed by atoms with Crippen molar-refractivity contribution in [2.45, 2.75) is 24.5 Å². The van der Waals surface area contributed by atoms with E-state index >= 15 is 0 Å². The van der Waals surface area contributed by atoms with Gasteiger partial charge in [-0.2, -0.15) is 0 Å². The standard InChI is InChI=1S/C6H11FO6/c7-3(2(9)1-8)4(10)5(11)6(12)13/h2-5,8-11H,1H2,(H,12,13)/t2-,3-,4-,5+/m0/s1. The van der Waals surface area contributed by atoms with E-state index in [-0.39, 0.29) is 0 Å². The molecule has 5 N–H and O–H groups in total. The molecule has 4 atom stereocenters. The lowest BCUT2D eigenvalue weighted by Crippen LogP contribution is -2.46. The molecule has 0 saturated heterocycles. The summed E-state index contributed by atoms with van der Waals surface area (Å²) in [4.78, 5) is 10.0. The van der Waals surface area contributed by atoms with Crippen molar-refractivity contribution in [3.8, 4) is 0 Å². The van der Waals surface area contributed by atoms with Gasteiger partial charge in [0.1, 0.15) is 12.2 Å². The van der Waals surface area contributed by atoms with E-state index < -0.39 is 37.1 Å². The number of aliphatic hydroxyl groups is 4. The van der Waals surface area contributed by atoms with Gasteiger partial charge in [-0.1, -0.05) is 0 Å². The maximum absolute atomic E-state index is 12.7. The molecule has 0 aliphatic carbocycles. The third-order valence-corrected chi connectivity index (χ3v) is 1.46. The van der Waals surface area contributed by atoms with Crippen LogP contribution in [0.1, 0.15) is 0 Å². The second-order valence-electron chi connectivity index (χ2n) is 2.47. The molecule has 7 heteroatoms. The molecule has 0 rings (SSSR count). The quantitative estimate of drug-likeness (QED) is 0.333. The number of halogens is 1. The molecular weight excluding hydrogens is 187 g/mol. The second kappa shape index (κ2) is 5.07. The Morgan fingerprint density at radius 2 is 1.77 bits per heavy atom. The summed E-state index contributed by atoms with van der Waals surface area (Å²) >= 11 is 0. The third-order valence-electron chi connectivity index (χ3n) is 1.46. The molecule has 0 aromatic heterocycles. The van der Waals surface area contributed by atoms with Gasteiger partial charge in [0.2, 0.25) is 0 Å². The average Bonchev–Trinajstić information content (AvgIpc) is 2.12. The third kappa shape index (κ3) is 3.23. The molecule has 0 aliphatic rings. The van der Waals surface area contributed by atoms with E-state index in [1.807, 2.05) is 0 Å². The van der Waals surface area contributed by atoms with Crippen LogP contribution in [0, 0.1) is 0 Å². The smallest absolute Gasteiger partial charge is 0.335 e. The lowest BCUT2D eigenvalue weighted by atomic mass is 10.1. The van der Waals surface area contributed by atoms with Gasteiger partial charge >= 0.3 is 5.97 Å². The zero-order valence-electron chi connectivity index (χ0n) is 6.54. The summed E-state index contributed by atoms with van der Waals surface area (Å²) in [5.74, 6) is -1.81. The largest absolute Gasteiger partial charge is 0.479 e. The fourth-order valence-electron chi connectivity index (χ4n) is 0.649. The summed E-state index contributed by atoms with van der Waals surface area (Å²) in [6, 6.07) is 0. The molecule has 0 spiro atoms. The molecule has 6 nitrogen and oxygen atoms in total. The Balaban J connectivity index is 4.24. The topological polar surface area (TPSA) is 118 Å². The van der Waals surface area contributed by atoms with Crippen LogP contribution in [-0.2, 0) is 4.79 Å². The van der Waals surface area contributed by atoms with E-state index in [4.69, 9.17) is 25.5 Å². The number of carboxylic acid groups (broad SMARTS) is 1. The molecule has 0 amide bonds. The highest BCUT2D eigenvalue weighted by Crippen LogP contribution is 2.09.